The summed E-state index contributed by atoms with van der Waals surface area (Å²) in [5.74, 6) is 0.708. The van der Waals surface area contributed by atoms with Gasteiger partial charge < -0.3 is 15.3 Å². The number of rotatable bonds is 7. The van der Waals surface area contributed by atoms with E-state index in [9.17, 15) is 5.11 Å². The molecule has 2 heterocycles. The summed E-state index contributed by atoms with van der Waals surface area (Å²) < 4.78 is 0. The number of β-amino-alcohol motifs (C(OH)–C–C–N with tert-alkyl or cyclic N) is 1. The van der Waals surface area contributed by atoms with E-state index in [0.29, 0.717) is 5.92 Å². The van der Waals surface area contributed by atoms with Crippen molar-refractivity contribution in [2.75, 3.05) is 26.2 Å². The number of aliphatic hydroxyl groups excluding tert-OH is 1. The van der Waals surface area contributed by atoms with Crippen LogP contribution in [0, 0.1) is 5.92 Å². The van der Waals surface area contributed by atoms with Gasteiger partial charge in [-0.1, -0.05) is 18.2 Å². The van der Waals surface area contributed by atoms with Gasteiger partial charge in [0.25, 0.3) is 0 Å². The molecule has 1 aliphatic rings. The van der Waals surface area contributed by atoms with Gasteiger partial charge in [0.1, 0.15) is 0 Å². The van der Waals surface area contributed by atoms with Crippen molar-refractivity contribution in [2.24, 2.45) is 5.92 Å². The molecular formula is C18H27N5O. The largest absolute Gasteiger partial charge is 0.392 e. The molecule has 1 aromatic heterocycles. The molecule has 3 rings (SSSR count). The maximum absolute atomic E-state index is 9.45. The first kappa shape index (κ1) is 17.1. The molecule has 2 aromatic rings. The zero-order chi connectivity index (χ0) is 16.8. The van der Waals surface area contributed by atoms with Crippen molar-refractivity contribution in [2.45, 2.75) is 32.4 Å². The van der Waals surface area contributed by atoms with E-state index in [0.717, 1.165) is 44.1 Å². The summed E-state index contributed by atoms with van der Waals surface area (Å²) in [6.07, 6.45) is 3.98. The third-order valence-electron chi connectivity index (χ3n) is 4.50. The molecule has 2 N–H and O–H groups in total. The number of benzene rings is 1. The van der Waals surface area contributed by atoms with Crippen molar-refractivity contribution in [1.29, 1.82) is 0 Å². The van der Waals surface area contributed by atoms with Crippen LogP contribution in [0.2, 0.25) is 0 Å². The highest BCUT2D eigenvalue weighted by molar-refractivity contribution is 5.28. The highest BCUT2D eigenvalue weighted by Crippen LogP contribution is 2.16. The molecule has 130 valence electrons. The van der Waals surface area contributed by atoms with Crippen LogP contribution in [0.5, 0.6) is 0 Å². The van der Waals surface area contributed by atoms with E-state index in [1.54, 1.807) is 4.80 Å². The normalized spacial score (nSPS) is 17.9. The van der Waals surface area contributed by atoms with Crippen LogP contribution in [0.3, 0.4) is 0 Å². The summed E-state index contributed by atoms with van der Waals surface area (Å²) in [5.41, 5.74) is 1.94. The van der Waals surface area contributed by atoms with Gasteiger partial charge in [-0.15, -0.1) is 0 Å². The van der Waals surface area contributed by atoms with Gasteiger partial charge in [-0.2, -0.15) is 15.0 Å². The number of aromatic nitrogens is 3. The number of hydrogen-bond acceptors (Lipinski definition) is 5. The van der Waals surface area contributed by atoms with Gasteiger partial charge >= 0.3 is 0 Å². The summed E-state index contributed by atoms with van der Waals surface area (Å²) >= 11 is 0. The van der Waals surface area contributed by atoms with Crippen LogP contribution in [-0.4, -0.2) is 57.3 Å². The highest BCUT2D eigenvalue weighted by atomic mass is 16.3. The Kier molecular flexibility index (Phi) is 5.96. The number of likely N-dealkylation sites (tertiary alicyclic amines) is 1. The fraction of sp³-hybridized carbons (Fsp3) is 0.556. The Morgan fingerprint density at radius 3 is 2.71 bits per heavy atom. The Bertz CT molecular complexity index is 605. The molecule has 1 atom stereocenters. The van der Waals surface area contributed by atoms with Gasteiger partial charge in [0, 0.05) is 13.1 Å². The number of aliphatic hydroxyl groups is 1. The van der Waals surface area contributed by atoms with E-state index in [2.05, 4.69) is 20.4 Å². The third kappa shape index (κ3) is 4.87. The lowest BCUT2D eigenvalue weighted by molar-refractivity contribution is 0.0998. The molecule has 1 aromatic carbocycles. The average molecular weight is 329 g/mol. The fourth-order valence-corrected chi connectivity index (χ4v) is 3.21. The molecule has 6 nitrogen and oxygen atoms in total. The first-order chi connectivity index (χ1) is 11.7. The molecule has 1 aliphatic heterocycles. The Hall–Kier alpha value is -1.76. The Morgan fingerprint density at radius 2 is 2.00 bits per heavy atom. The van der Waals surface area contributed by atoms with Crippen LogP contribution in [-0.2, 0) is 6.54 Å². The number of nitrogens with zero attached hydrogens (tertiary/aromatic N) is 4. The number of para-hydroxylation sites is 1. The molecule has 0 spiro atoms. The summed E-state index contributed by atoms with van der Waals surface area (Å²) in [7, 11) is 0. The molecule has 0 amide bonds. The minimum atomic E-state index is -0.230. The number of nitrogens with one attached hydrogen (secondary N) is 1. The highest BCUT2D eigenvalue weighted by Gasteiger charge is 2.19. The van der Waals surface area contributed by atoms with Crippen molar-refractivity contribution >= 4 is 0 Å². The quantitative estimate of drug-likeness (QED) is 0.805. The van der Waals surface area contributed by atoms with E-state index >= 15 is 0 Å². The van der Waals surface area contributed by atoms with Crippen LogP contribution in [0.4, 0.5) is 0 Å². The molecule has 1 fully saturated rings. The summed E-state index contributed by atoms with van der Waals surface area (Å²) in [4.78, 5) is 4.03. The zero-order valence-corrected chi connectivity index (χ0v) is 14.3. The van der Waals surface area contributed by atoms with E-state index < -0.39 is 0 Å². The van der Waals surface area contributed by atoms with Crippen molar-refractivity contribution in [3.8, 4) is 5.69 Å². The second-order valence-corrected chi connectivity index (χ2v) is 6.68. The summed E-state index contributed by atoms with van der Waals surface area (Å²) in [6, 6.07) is 9.96. The van der Waals surface area contributed by atoms with Gasteiger partial charge in [0.15, 0.2) is 0 Å². The predicted octanol–water partition coefficient (Wildman–Crippen LogP) is 1.45. The number of piperidine rings is 1. The molecule has 0 bridgehead atoms. The first-order valence-corrected chi connectivity index (χ1v) is 8.78. The second kappa shape index (κ2) is 8.37. The molecule has 6 heteroatoms. The second-order valence-electron chi connectivity index (χ2n) is 6.68. The summed E-state index contributed by atoms with van der Waals surface area (Å²) in [6.45, 7) is 6.59. The minimum Gasteiger partial charge on any atom is -0.392 e. The standard InChI is InChI=1S/C18H27N5O/c1-15(24)14-22-9-7-16(8-10-22)11-19-12-17-13-20-23(21-17)18-5-3-2-4-6-18/h2-6,13,15-16,19,24H,7-12,14H2,1H3/t15-/m1/s1. The Balaban J connectivity index is 1.39. The predicted molar refractivity (Wildman–Crippen MR) is 93.9 cm³/mol. The summed E-state index contributed by atoms with van der Waals surface area (Å²) in [5, 5.41) is 21.8. The van der Waals surface area contributed by atoms with E-state index in [1.807, 2.05) is 43.5 Å². The van der Waals surface area contributed by atoms with Gasteiger partial charge in [0.2, 0.25) is 0 Å². The van der Waals surface area contributed by atoms with Crippen LogP contribution in [0.25, 0.3) is 5.69 Å². The van der Waals surface area contributed by atoms with E-state index in [1.165, 1.54) is 12.8 Å². The fourth-order valence-electron chi connectivity index (χ4n) is 3.21. The van der Waals surface area contributed by atoms with Gasteiger partial charge in [-0.25, -0.2) is 0 Å². The molecular weight excluding hydrogens is 302 g/mol. The van der Waals surface area contributed by atoms with Gasteiger partial charge in [-0.3, -0.25) is 0 Å². The SMILES string of the molecule is C[C@@H](O)CN1CCC(CNCc2cnn(-c3ccccc3)n2)CC1. The van der Waals surface area contributed by atoms with Gasteiger partial charge in [-0.05, 0) is 57.5 Å². The molecule has 24 heavy (non-hydrogen) atoms. The first-order valence-electron chi connectivity index (χ1n) is 8.78. The molecule has 0 saturated carbocycles. The van der Waals surface area contributed by atoms with Crippen molar-refractivity contribution in [1.82, 2.24) is 25.2 Å². The maximum Gasteiger partial charge on any atom is 0.0969 e. The average Bonchev–Trinajstić information content (AvgIpc) is 3.06. The van der Waals surface area contributed by atoms with E-state index in [4.69, 9.17) is 0 Å². The maximum atomic E-state index is 9.45. The van der Waals surface area contributed by atoms with Gasteiger partial charge in [0.05, 0.1) is 23.7 Å². The molecule has 0 aliphatic carbocycles. The van der Waals surface area contributed by atoms with Crippen LogP contribution in [0.15, 0.2) is 36.5 Å². The van der Waals surface area contributed by atoms with Crippen LogP contribution < -0.4 is 5.32 Å². The zero-order valence-electron chi connectivity index (χ0n) is 14.3. The lowest BCUT2D eigenvalue weighted by Gasteiger charge is -2.32. The van der Waals surface area contributed by atoms with Crippen LogP contribution >= 0.6 is 0 Å². The minimum absolute atomic E-state index is 0.230. The Morgan fingerprint density at radius 1 is 1.25 bits per heavy atom. The third-order valence-corrected chi connectivity index (χ3v) is 4.50. The molecule has 0 radical (unpaired) electrons. The smallest absolute Gasteiger partial charge is 0.0969 e. The van der Waals surface area contributed by atoms with Crippen molar-refractivity contribution in [3.05, 3.63) is 42.2 Å². The van der Waals surface area contributed by atoms with Crippen LogP contribution in [0.1, 0.15) is 25.5 Å². The Labute approximate surface area is 143 Å². The lowest BCUT2D eigenvalue weighted by Crippen LogP contribution is -2.40. The molecule has 0 unspecified atom stereocenters. The molecule has 1 saturated heterocycles. The van der Waals surface area contributed by atoms with Crippen molar-refractivity contribution in [3.63, 3.8) is 0 Å². The van der Waals surface area contributed by atoms with E-state index in [-0.39, 0.29) is 6.10 Å². The topological polar surface area (TPSA) is 66.2 Å². The monoisotopic (exact) mass is 329 g/mol. The number of hydrogen-bond donors (Lipinski definition) is 2. The lowest BCUT2D eigenvalue weighted by atomic mass is 9.96. The van der Waals surface area contributed by atoms with Crippen molar-refractivity contribution < 1.29 is 5.11 Å².